The van der Waals surface area contributed by atoms with Crippen LogP contribution in [-0.2, 0) is 9.59 Å². The molecular weight excluding hydrogens is 401 g/mol. The highest BCUT2D eigenvalue weighted by atomic mass is 35.5. The molecule has 3 aromatic rings. The van der Waals surface area contributed by atoms with E-state index in [4.69, 9.17) is 23.2 Å². The molecule has 1 aliphatic heterocycles. The number of amides is 2. The minimum atomic E-state index is -0.775. The van der Waals surface area contributed by atoms with Crippen LogP contribution in [0.5, 0.6) is 0 Å². The Morgan fingerprint density at radius 2 is 1.96 bits per heavy atom. The van der Waals surface area contributed by atoms with Crippen molar-refractivity contribution in [1.29, 1.82) is 0 Å². The predicted molar refractivity (Wildman–Crippen MR) is 108 cm³/mol. The van der Waals surface area contributed by atoms with Gasteiger partial charge in [0.05, 0.1) is 6.42 Å². The third-order valence-corrected chi connectivity index (χ3v) is 5.15. The van der Waals surface area contributed by atoms with Gasteiger partial charge in [0, 0.05) is 21.3 Å². The number of benzene rings is 2. The van der Waals surface area contributed by atoms with E-state index in [0.29, 0.717) is 27.5 Å². The highest BCUT2D eigenvalue weighted by Gasteiger charge is 2.35. The average molecular weight is 416 g/mol. The number of hydrogen-bond acceptors (Lipinski definition) is 4. The molecule has 2 heterocycles. The van der Waals surface area contributed by atoms with E-state index in [-0.39, 0.29) is 18.2 Å². The van der Waals surface area contributed by atoms with Crippen LogP contribution < -0.4 is 10.6 Å². The topological polar surface area (TPSA) is 88.9 Å². The first kappa shape index (κ1) is 18.5. The number of halogens is 2. The Bertz CT molecular complexity index is 1080. The fraction of sp³-hybridized carbons (Fsp3) is 0.158. The minimum Gasteiger partial charge on any atom is -0.326 e. The standard InChI is InChI=1S/C19H15Cl2N5O2/c1-10-13(21)3-2-4-14(10)22-16(27)9-15-18(28)24-19-23-17(25-26(15)19)11-5-7-12(20)8-6-11/h2-8,15H,9H2,1H3,(H,22,27)(H,23,24,25,28)/t15-/m0/s1. The lowest BCUT2D eigenvalue weighted by molar-refractivity contribution is -0.123. The van der Waals surface area contributed by atoms with E-state index in [1.807, 2.05) is 6.92 Å². The molecule has 7 nitrogen and oxygen atoms in total. The zero-order chi connectivity index (χ0) is 19.8. The Morgan fingerprint density at radius 1 is 1.21 bits per heavy atom. The second-order valence-corrected chi connectivity index (χ2v) is 7.22. The number of rotatable bonds is 4. The van der Waals surface area contributed by atoms with Gasteiger partial charge in [-0.1, -0.05) is 29.3 Å². The summed E-state index contributed by atoms with van der Waals surface area (Å²) in [4.78, 5) is 29.1. The lowest BCUT2D eigenvalue weighted by atomic mass is 10.1. The highest BCUT2D eigenvalue weighted by Crippen LogP contribution is 2.29. The number of nitrogens with zero attached hydrogens (tertiary/aromatic N) is 3. The van der Waals surface area contributed by atoms with Crippen molar-refractivity contribution in [2.24, 2.45) is 0 Å². The third-order valence-electron chi connectivity index (χ3n) is 4.49. The summed E-state index contributed by atoms with van der Waals surface area (Å²) in [5, 5.41) is 11.0. The van der Waals surface area contributed by atoms with Crippen molar-refractivity contribution >= 4 is 46.7 Å². The molecule has 142 valence electrons. The van der Waals surface area contributed by atoms with Gasteiger partial charge in [0.1, 0.15) is 6.04 Å². The molecule has 0 saturated heterocycles. The second-order valence-electron chi connectivity index (χ2n) is 6.38. The van der Waals surface area contributed by atoms with Gasteiger partial charge in [-0.05, 0) is 48.9 Å². The Hall–Kier alpha value is -2.90. The molecule has 0 spiro atoms. The summed E-state index contributed by atoms with van der Waals surface area (Å²) in [6.45, 7) is 1.81. The van der Waals surface area contributed by atoms with Gasteiger partial charge in [-0.15, -0.1) is 5.10 Å². The van der Waals surface area contributed by atoms with Gasteiger partial charge < -0.3 is 5.32 Å². The average Bonchev–Trinajstić information content (AvgIpc) is 3.18. The number of aromatic nitrogens is 3. The SMILES string of the molecule is Cc1c(Cl)cccc1NC(=O)C[C@H]1C(=O)Nc2nc(-c3ccc(Cl)cc3)nn21. The largest absolute Gasteiger partial charge is 0.326 e. The summed E-state index contributed by atoms with van der Waals surface area (Å²) in [5.41, 5.74) is 2.13. The van der Waals surface area contributed by atoms with E-state index < -0.39 is 6.04 Å². The molecule has 2 aromatic carbocycles. The maximum atomic E-state index is 12.5. The van der Waals surface area contributed by atoms with E-state index in [9.17, 15) is 9.59 Å². The number of nitrogens with one attached hydrogen (secondary N) is 2. The molecule has 0 fully saturated rings. The molecule has 4 rings (SSSR count). The summed E-state index contributed by atoms with van der Waals surface area (Å²) in [6, 6.07) is 11.5. The van der Waals surface area contributed by atoms with Crippen LogP contribution in [0, 0.1) is 6.92 Å². The van der Waals surface area contributed by atoms with Crippen LogP contribution in [0.15, 0.2) is 42.5 Å². The molecule has 1 atom stereocenters. The highest BCUT2D eigenvalue weighted by molar-refractivity contribution is 6.31. The quantitative estimate of drug-likeness (QED) is 0.671. The Morgan fingerprint density at radius 3 is 2.71 bits per heavy atom. The van der Waals surface area contributed by atoms with Crippen molar-refractivity contribution in [3.05, 3.63) is 58.1 Å². The van der Waals surface area contributed by atoms with Gasteiger partial charge in [-0.2, -0.15) is 4.98 Å². The fourth-order valence-electron chi connectivity index (χ4n) is 2.95. The van der Waals surface area contributed by atoms with Crippen molar-refractivity contribution in [1.82, 2.24) is 14.8 Å². The molecule has 1 aliphatic rings. The summed E-state index contributed by atoms with van der Waals surface area (Å²) < 4.78 is 1.44. The van der Waals surface area contributed by atoms with Crippen LogP contribution >= 0.6 is 23.2 Å². The van der Waals surface area contributed by atoms with Crippen molar-refractivity contribution in [3.8, 4) is 11.4 Å². The van der Waals surface area contributed by atoms with Crippen molar-refractivity contribution in [2.75, 3.05) is 10.6 Å². The summed E-state index contributed by atoms with van der Waals surface area (Å²) in [5.74, 6) is 0.118. The molecule has 0 radical (unpaired) electrons. The van der Waals surface area contributed by atoms with Gasteiger partial charge in [0.25, 0.3) is 5.91 Å². The molecule has 2 N–H and O–H groups in total. The minimum absolute atomic E-state index is 0.0752. The van der Waals surface area contributed by atoms with E-state index in [1.165, 1.54) is 4.68 Å². The molecule has 2 amide bonds. The number of hydrogen-bond donors (Lipinski definition) is 2. The summed E-state index contributed by atoms with van der Waals surface area (Å²) in [6.07, 6.45) is -0.0752. The number of fused-ring (bicyclic) bond motifs is 1. The lowest BCUT2D eigenvalue weighted by Gasteiger charge is -2.12. The van der Waals surface area contributed by atoms with E-state index in [2.05, 4.69) is 20.7 Å². The molecule has 0 bridgehead atoms. The number of carbonyl (C=O) groups is 2. The fourth-order valence-corrected chi connectivity index (χ4v) is 3.25. The first-order chi connectivity index (χ1) is 13.4. The number of carbonyl (C=O) groups excluding carboxylic acids is 2. The van der Waals surface area contributed by atoms with Gasteiger partial charge >= 0.3 is 0 Å². The first-order valence-corrected chi connectivity index (χ1v) is 9.26. The maximum Gasteiger partial charge on any atom is 0.252 e. The van der Waals surface area contributed by atoms with Gasteiger partial charge in [-0.3, -0.25) is 14.9 Å². The zero-order valence-corrected chi connectivity index (χ0v) is 16.3. The molecule has 9 heteroatoms. The third kappa shape index (κ3) is 3.46. The van der Waals surface area contributed by atoms with Crippen molar-refractivity contribution in [2.45, 2.75) is 19.4 Å². The maximum absolute atomic E-state index is 12.5. The van der Waals surface area contributed by atoms with Crippen LogP contribution in [-0.4, -0.2) is 26.6 Å². The van der Waals surface area contributed by atoms with Crippen molar-refractivity contribution in [3.63, 3.8) is 0 Å². The van der Waals surface area contributed by atoms with Crippen LogP contribution in [0.4, 0.5) is 11.6 Å². The Balaban J connectivity index is 1.53. The molecular formula is C19H15Cl2N5O2. The molecule has 28 heavy (non-hydrogen) atoms. The van der Waals surface area contributed by atoms with Gasteiger partial charge in [0.2, 0.25) is 11.9 Å². The predicted octanol–water partition coefficient (Wildman–Crippen LogP) is 4.08. The lowest BCUT2D eigenvalue weighted by Crippen LogP contribution is -2.24. The van der Waals surface area contributed by atoms with Crippen LogP contribution in [0.1, 0.15) is 18.0 Å². The molecule has 0 unspecified atom stereocenters. The Labute approximate surface area is 170 Å². The summed E-state index contributed by atoms with van der Waals surface area (Å²) >= 11 is 12.0. The van der Waals surface area contributed by atoms with Crippen LogP contribution in [0.25, 0.3) is 11.4 Å². The smallest absolute Gasteiger partial charge is 0.252 e. The second kappa shape index (κ2) is 7.26. The summed E-state index contributed by atoms with van der Waals surface area (Å²) in [7, 11) is 0. The number of anilines is 2. The molecule has 0 aliphatic carbocycles. The molecule has 0 saturated carbocycles. The van der Waals surface area contributed by atoms with Crippen LogP contribution in [0.2, 0.25) is 10.0 Å². The monoisotopic (exact) mass is 415 g/mol. The first-order valence-electron chi connectivity index (χ1n) is 8.50. The zero-order valence-electron chi connectivity index (χ0n) is 14.7. The molecule has 1 aromatic heterocycles. The van der Waals surface area contributed by atoms with Gasteiger partial charge in [0.15, 0.2) is 5.82 Å². The Kier molecular flexibility index (Phi) is 4.78. The van der Waals surface area contributed by atoms with E-state index in [0.717, 1.165) is 11.1 Å². The van der Waals surface area contributed by atoms with E-state index >= 15 is 0 Å². The normalized spacial score (nSPS) is 15.2. The van der Waals surface area contributed by atoms with E-state index in [1.54, 1.807) is 42.5 Å². The van der Waals surface area contributed by atoms with Gasteiger partial charge in [-0.25, -0.2) is 4.68 Å². The van der Waals surface area contributed by atoms with Crippen LogP contribution in [0.3, 0.4) is 0 Å². The van der Waals surface area contributed by atoms with Crippen molar-refractivity contribution < 1.29 is 9.59 Å².